The average molecular weight is 242 g/mol. The number of amides is 2. The van der Waals surface area contributed by atoms with Crippen molar-refractivity contribution in [2.24, 2.45) is 11.8 Å². The van der Waals surface area contributed by atoms with E-state index in [9.17, 15) is 9.59 Å². The van der Waals surface area contributed by atoms with Crippen LogP contribution in [-0.2, 0) is 4.79 Å². The summed E-state index contributed by atoms with van der Waals surface area (Å²) in [5.74, 6) is 0.188. The van der Waals surface area contributed by atoms with Crippen molar-refractivity contribution in [3.8, 4) is 0 Å². The van der Waals surface area contributed by atoms with E-state index < -0.39 is 5.97 Å². The predicted molar refractivity (Wildman–Crippen MR) is 64.8 cm³/mol. The van der Waals surface area contributed by atoms with Gasteiger partial charge in [-0.25, -0.2) is 4.79 Å². The van der Waals surface area contributed by atoms with E-state index in [-0.39, 0.29) is 12.6 Å². The van der Waals surface area contributed by atoms with E-state index >= 15 is 0 Å². The molecule has 2 amide bonds. The molecule has 98 valence electrons. The molecule has 17 heavy (non-hydrogen) atoms. The summed E-state index contributed by atoms with van der Waals surface area (Å²) in [5.41, 5.74) is 0. The Morgan fingerprint density at radius 2 is 2.00 bits per heavy atom. The molecule has 0 aromatic rings. The van der Waals surface area contributed by atoms with Crippen LogP contribution in [0.3, 0.4) is 0 Å². The third kappa shape index (κ3) is 4.63. The van der Waals surface area contributed by atoms with E-state index in [4.69, 9.17) is 5.11 Å². The molecule has 5 heteroatoms. The highest BCUT2D eigenvalue weighted by Crippen LogP contribution is 2.28. The van der Waals surface area contributed by atoms with Crippen LogP contribution in [0.4, 0.5) is 4.79 Å². The van der Waals surface area contributed by atoms with Gasteiger partial charge in [-0.2, -0.15) is 0 Å². The van der Waals surface area contributed by atoms with E-state index in [2.05, 4.69) is 12.2 Å². The Kier molecular flexibility index (Phi) is 5.25. The van der Waals surface area contributed by atoms with Gasteiger partial charge >= 0.3 is 12.0 Å². The number of hydrogen-bond donors (Lipinski definition) is 2. The van der Waals surface area contributed by atoms with Crippen LogP contribution >= 0.6 is 0 Å². The fraction of sp³-hybridized carbons (Fsp3) is 0.833. The van der Waals surface area contributed by atoms with Crippen LogP contribution in [0.1, 0.15) is 32.6 Å². The minimum Gasteiger partial charge on any atom is -0.480 e. The Morgan fingerprint density at radius 3 is 2.59 bits per heavy atom. The lowest BCUT2D eigenvalue weighted by molar-refractivity contribution is -0.137. The zero-order valence-electron chi connectivity index (χ0n) is 10.6. The molecule has 2 N–H and O–H groups in total. The number of nitrogens with one attached hydrogen (secondary N) is 1. The van der Waals surface area contributed by atoms with Gasteiger partial charge in [-0.15, -0.1) is 0 Å². The van der Waals surface area contributed by atoms with Crippen LogP contribution in [0.15, 0.2) is 0 Å². The second kappa shape index (κ2) is 6.47. The number of urea groups is 1. The highest BCUT2D eigenvalue weighted by Gasteiger charge is 2.22. The predicted octanol–water partition coefficient (Wildman–Crippen LogP) is 1.54. The Balaban J connectivity index is 2.29. The van der Waals surface area contributed by atoms with Crippen LogP contribution in [0.2, 0.25) is 0 Å². The van der Waals surface area contributed by atoms with Gasteiger partial charge in [-0.1, -0.05) is 26.2 Å². The summed E-state index contributed by atoms with van der Waals surface area (Å²) in [6.45, 7) is 2.62. The molecule has 0 saturated heterocycles. The van der Waals surface area contributed by atoms with Gasteiger partial charge in [0.2, 0.25) is 0 Å². The molecule has 1 rings (SSSR count). The zero-order chi connectivity index (χ0) is 12.8. The molecular weight excluding hydrogens is 220 g/mol. The van der Waals surface area contributed by atoms with Crippen molar-refractivity contribution >= 4 is 12.0 Å². The summed E-state index contributed by atoms with van der Waals surface area (Å²) in [6, 6.07) is -0.301. The second-order valence-electron chi connectivity index (χ2n) is 4.96. The molecule has 0 heterocycles. The average Bonchev–Trinajstić information content (AvgIpc) is 2.26. The number of carboxylic acid groups (broad SMARTS) is 1. The molecule has 2 unspecified atom stereocenters. The number of rotatable bonds is 4. The SMILES string of the molecule is CC1CCCCC1CNC(=O)N(C)CC(=O)O. The molecule has 1 fully saturated rings. The van der Waals surface area contributed by atoms with E-state index in [1.165, 1.54) is 31.2 Å². The summed E-state index contributed by atoms with van der Waals surface area (Å²) in [4.78, 5) is 23.2. The minimum atomic E-state index is -0.992. The van der Waals surface area contributed by atoms with Gasteiger partial charge in [0.05, 0.1) is 0 Å². The first-order chi connectivity index (χ1) is 8.00. The fourth-order valence-corrected chi connectivity index (χ4v) is 2.32. The Bertz CT molecular complexity index is 281. The largest absolute Gasteiger partial charge is 0.480 e. The van der Waals surface area contributed by atoms with Crippen molar-refractivity contribution in [1.29, 1.82) is 0 Å². The number of carboxylic acids is 1. The Labute approximate surface area is 102 Å². The molecule has 2 atom stereocenters. The van der Waals surface area contributed by atoms with Crippen LogP contribution < -0.4 is 5.32 Å². The minimum absolute atomic E-state index is 0.258. The third-order valence-corrected chi connectivity index (χ3v) is 3.52. The highest BCUT2D eigenvalue weighted by atomic mass is 16.4. The smallest absolute Gasteiger partial charge is 0.323 e. The van der Waals surface area contributed by atoms with Gasteiger partial charge in [-0.3, -0.25) is 4.79 Å². The molecule has 0 radical (unpaired) electrons. The Morgan fingerprint density at radius 1 is 1.35 bits per heavy atom. The molecule has 0 aliphatic heterocycles. The quantitative estimate of drug-likeness (QED) is 0.785. The van der Waals surface area contributed by atoms with Crippen LogP contribution in [0.5, 0.6) is 0 Å². The van der Waals surface area contributed by atoms with Crippen LogP contribution in [-0.4, -0.2) is 42.1 Å². The molecule has 0 bridgehead atoms. The second-order valence-corrected chi connectivity index (χ2v) is 4.96. The lowest BCUT2D eigenvalue weighted by Crippen LogP contribution is -2.43. The topological polar surface area (TPSA) is 69.6 Å². The lowest BCUT2D eigenvalue weighted by atomic mass is 9.80. The molecule has 0 spiro atoms. The normalized spacial score (nSPS) is 24.1. The van der Waals surface area contributed by atoms with E-state index in [1.54, 1.807) is 0 Å². The van der Waals surface area contributed by atoms with Crippen molar-refractivity contribution in [3.63, 3.8) is 0 Å². The fourth-order valence-electron chi connectivity index (χ4n) is 2.32. The van der Waals surface area contributed by atoms with Crippen molar-refractivity contribution < 1.29 is 14.7 Å². The summed E-state index contributed by atoms with van der Waals surface area (Å²) >= 11 is 0. The van der Waals surface area contributed by atoms with Crippen molar-refractivity contribution in [3.05, 3.63) is 0 Å². The summed E-state index contributed by atoms with van der Waals surface area (Å²) in [6.07, 6.45) is 4.90. The van der Waals surface area contributed by atoms with E-state index in [1.807, 2.05) is 0 Å². The van der Waals surface area contributed by atoms with Gasteiger partial charge in [0, 0.05) is 13.6 Å². The van der Waals surface area contributed by atoms with Gasteiger partial charge in [0.25, 0.3) is 0 Å². The summed E-state index contributed by atoms with van der Waals surface area (Å²) < 4.78 is 0. The van der Waals surface area contributed by atoms with Crippen molar-refractivity contribution in [2.45, 2.75) is 32.6 Å². The summed E-state index contributed by atoms with van der Waals surface area (Å²) in [7, 11) is 1.49. The number of hydrogen-bond acceptors (Lipinski definition) is 2. The van der Waals surface area contributed by atoms with Gasteiger partial charge in [-0.05, 0) is 18.3 Å². The molecule has 1 saturated carbocycles. The van der Waals surface area contributed by atoms with Gasteiger partial charge < -0.3 is 15.3 Å². The van der Waals surface area contributed by atoms with Crippen LogP contribution in [0, 0.1) is 11.8 Å². The molecule has 0 aromatic carbocycles. The van der Waals surface area contributed by atoms with Crippen LogP contribution in [0.25, 0.3) is 0 Å². The summed E-state index contributed by atoms with van der Waals surface area (Å²) in [5, 5.41) is 11.4. The van der Waals surface area contributed by atoms with Crippen molar-refractivity contribution in [1.82, 2.24) is 10.2 Å². The highest BCUT2D eigenvalue weighted by molar-refractivity contribution is 5.79. The number of carbonyl (C=O) groups is 2. The molecular formula is C12H22N2O3. The molecule has 1 aliphatic rings. The number of likely N-dealkylation sites (N-methyl/N-ethyl adjacent to an activating group) is 1. The monoisotopic (exact) mass is 242 g/mol. The van der Waals surface area contributed by atoms with E-state index in [0.29, 0.717) is 18.4 Å². The number of nitrogens with zero attached hydrogens (tertiary/aromatic N) is 1. The number of aliphatic carboxylic acids is 1. The first kappa shape index (κ1) is 13.8. The number of carbonyl (C=O) groups excluding carboxylic acids is 1. The standard InChI is InChI=1S/C12H22N2O3/c1-9-5-3-4-6-10(9)7-13-12(17)14(2)8-11(15)16/h9-10H,3-8H2,1-2H3,(H,13,17)(H,15,16). The maximum Gasteiger partial charge on any atom is 0.323 e. The van der Waals surface area contributed by atoms with Crippen molar-refractivity contribution in [2.75, 3.05) is 20.1 Å². The molecule has 1 aliphatic carbocycles. The molecule has 5 nitrogen and oxygen atoms in total. The first-order valence-electron chi connectivity index (χ1n) is 6.21. The lowest BCUT2D eigenvalue weighted by Gasteiger charge is -2.29. The van der Waals surface area contributed by atoms with Gasteiger partial charge in [0.15, 0.2) is 0 Å². The Hall–Kier alpha value is -1.26. The first-order valence-corrected chi connectivity index (χ1v) is 6.21. The maximum absolute atomic E-state index is 11.6. The maximum atomic E-state index is 11.6. The van der Waals surface area contributed by atoms with Gasteiger partial charge in [0.1, 0.15) is 6.54 Å². The molecule has 0 aromatic heterocycles. The van der Waals surface area contributed by atoms with E-state index in [0.717, 1.165) is 6.42 Å². The third-order valence-electron chi connectivity index (χ3n) is 3.52. The zero-order valence-corrected chi connectivity index (χ0v) is 10.6.